The van der Waals surface area contributed by atoms with Crippen LogP contribution in [-0.2, 0) is 19.1 Å². The van der Waals surface area contributed by atoms with E-state index in [0.717, 1.165) is 13.1 Å². The predicted molar refractivity (Wildman–Crippen MR) is 88.3 cm³/mol. The van der Waals surface area contributed by atoms with E-state index in [1.807, 2.05) is 13.8 Å². The molecule has 2 heterocycles. The van der Waals surface area contributed by atoms with Gasteiger partial charge in [-0.25, -0.2) is 9.59 Å². The number of esters is 2. The van der Waals surface area contributed by atoms with Crippen LogP contribution < -0.4 is 10.6 Å². The van der Waals surface area contributed by atoms with E-state index in [-0.39, 0.29) is 16.3 Å². The van der Waals surface area contributed by atoms with Crippen LogP contribution in [-0.4, -0.2) is 49.0 Å². The zero-order valence-corrected chi connectivity index (χ0v) is 14.5. The highest BCUT2D eigenvalue weighted by atomic mass is 32.2. The lowest BCUT2D eigenvalue weighted by atomic mass is 10.3. The van der Waals surface area contributed by atoms with E-state index in [4.69, 9.17) is 9.47 Å². The molecule has 0 aliphatic carbocycles. The zero-order chi connectivity index (χ0) is 15.9. The van der Waals surface area contributed by atoms with E-state index in [2.05, 4.69) is 10.6 Å². The van der Waals surface area contributed by atoms with E-state index in [1.54, 1.807) is 0 Å². The molecule has 2 atom stereocenters. The molecule has 0 bridgehead atoms. The molecule has 0 radical (unpaired) electrons. The Balaban J connectivity index is 2.17. The van der Waals surface area contributed by atoms with E-state index in [1.165, 1.54) is 23.5 Å². The molecular formula is C14H22N2O4S2. The summed E-state index contributed by atoms with van der Waals surface area (Å²) in [6, 6.07) is 0. The maximum Gasteiger partial charge on any atom is 0.347 e. The number of rotatable bonds is 6. The Kier molecular flexibility index (Phi) is 7.07. The van der Waals surface area contributed by atoms with Crippen LogP contribution in [0, 0.1) is 0 Å². The summed E-state index contributed by atoms with van der Waals surface area (Å²) in [6.45, 7) is 6.18. The number of hydrogen-bond acceptors (Lipinski definition) is 8. The Morgan fingerprint density at radius 2 is 1.45 bits per heavy atom. The fourth-order valence-electron chi connectivity index (χ4n) is 2.01. The molecule has 8 heteroatoms. The highest BCUT2D eigenvalue weighted by Crippen LogP contribution is 2.47. The van der Waals surface area contributed by atoms with Crippen molar-refractivity contribution in [1.82, 2.24) is 10.6 Å². The molecule has 0 saturated carbocycles. The summed E-state index contributed by atoms with van der Waals surface area (Å²) in [5.74, 6) is -1.17. The third kappa shape index (κ3) is 4.41. The molecule has 2 aliphatic heterocycles. The molecule has 2 N–H and O–H groups in total. The van der Waals surface area contributed by atoms with Crippen molar-refractivity contribution in [3.05, 3.63) is 9.81 Å². The van der Waals surface area contributed by atoms with Crippen LogP contribution in [0.3, 0.4) is 0 Å². The van der Waals surface area contributed by atoms with Crippen LogP contribution in [0.4, 0.5) is 0 Å². The van der Waals surface area contributed by atoms with Crippen molar-refractivity contribution >= 4 is 35.5 Å². The normalized spacial score (nSPS) is 23.8. The van der Waals surface area contributed by atoms with Crippen LogP contribution in [0.15, 0.2) is 9.81 Å². The highest BCUT2D eigenvalue weighted by molar-refractivity contribution is 8.26. The van der Waals surface area contributed by atoms with E-state index in [9.17, 15) is 9.59 Å². The second kappa shape index (κ2) is 8.81. The third-order valence-electron chi connectivity index (χ3n) is 3.05. The van der Waals surface area contributed by atoms with Gasteiger partial charge in [0.2, 0.25) is 0 Å². The summed E-state index contributed by atoms with van der Waals surface area (Å²) in [5.41, 5.74) is 0.0369. The van der Waals surface area contributed by atoms with Crippen molar-refractivity contribution in [2.75, 3.05) is 26.3 Å². The number of fused-ring (bicyclic) bond motifs is 1. The number of ether oxygens (including phenoxy) is 2. The fraction of sp³-hybridized carbons (Fsp3) is 0.714. The molecule has 2 fully saturated rings. The van der Waals surface area contributed by atoms with Crippen molar-refractivity contribution < 1.29 is 19.1 Å². The maximum atomic E-state index is 12.3. The molecule has 2 aliphatic rings. The van der Waals surface area contributed by atoms with Gasteiger partial charge in [-0.15, -0.1) is 0 Å². The molecule has 2 unspecified atom stereocenters. The lowest BCUT2D eigenvalue weighted by Crippen LogP contribution is -2.50. The molecule has 0 amide bonds. The summed E-state index contributed by atoms with van der Waals surface area (Å²) < 4.78 is 11.0. The van der Waals surface area contributed by atoms with Gasteiger partial charge in [0.05, 0.1) is 28.2 Å². The van der Waals surface area contributed by atoms with Crippen LogP contribution in [0.2, 0.25) is 0 Å². The van der Waals surface area contributed by atoms with E-state index < -0.39 is 11.9 Å². The van der Waals surface area contributed by atoms with Gasteiger partial charge in [-0.2, -0.15) is 0 Å². The lowest BCUT2D eigenvalue weighted by molar-refractivity contribution is -0.147. The van der Waals surface area contributed by atoms with Gasteiger partial charge in [0.25, 0.3) is 0 Å². The van der Waals surface area contributed by atoms with E-state index >= 15 is 0 Å². The van der Waals surface area contributed by atoms with Gasteiger partial charge >= 0.3 is 11.9 Å². The molecular weight excluding hydrogens is 324 g/mol. The predicted octanol–water partition coefficient (Wildman–Crippen LogP) is 1.43. The van der Waals surface area contributed by atoms with Gasteiger partial charge in [-0.05, 0) is 12.8 Å². The summed E-state index contributed by atoms with van der Waals surface area (Å²) >= 11 is 2.99. The topological polar surface area (TPSA) is 76.7 Å². The first-order valence-corrected chi connectivity index (χ1v) is 9.31. The average Bonchev–Trinajstić information content (AvgIpc) is 2.94. The molecule has 6 nitrogen and oxygen atoms in total. The summed E-state index contributed by atoms with van der Waals surface area (Å²) in [6.07, 6.45) is 1.43. The van der Waals surface area contributed by atoms with Gasteiger partial charge in [0.1, 0.15) is 0 Å². The quantitative estimate of drug-likeness (QED) is 0.324. The number of carbonyl (C=O) groups excluding carboxylic acids is 2. The molecule has 2 rings (SSSR count). The van der Waals surface area contributed by atoms with Crippen molar-refractivity contribution in [3.8, 4) is 0 Å². The number of piperazine rings is 1. The fourth-order valence-corrected chi connectivity index (χ4v) is 5.06. The molecule has 0 aromatic carbocycles. The molecule has 2 saturated heterocycles. The van der Waals surface area contributed by atoms with Crippen LogP contribution in [0.25, 0.3) is 0 Å². The maximum absolute atomic E-state index is 12.3. The monoisotopic (exact) mass is 346 g/mol. The smallest absolute Gasteiger partial charge is 0.347 e. The Bertz CT molecular complexity index is 418. The highest BCUT2D eigenvalue weighted by Gasteiger charge is 2.39. The molecule has 0 aromatic heterocycles. The SMILES string of the molecule is CCCOC(=O)C(C(=O)OCCC)=C1SC2NCCNC2S1. The first-order valence-electron chi connectivity index (χ1n) is 7.56. The average molecular weight is 346 g/mol. The number of nitrogens with one attached hydrogen (secondary N) is 2. The minimum Gasteiger partial charge on any atom is -0.462 e. The van der Waals surface area contributed by atoms with Crippen LogP contribution in [0.1, 0.15) is 26.7 Å². The van der Waals surface area contributed by atoms with Crippen molar-refractivity contribution in [2.45, 2.75) is 37.4 Å². The largest absolute Gasteiger partial charge is 0.462 e. The van der Waals surface area contributed by atoms with Gasteiger partial charge < -0.3 is 20.1 Å². The summed E-state index contributed by atoms with van der Waals surface area (Å²) in [7, 11) is 0. The molecule has 22 heavy (non-hydrogen) atoms. The van der Waals surface area contributed by atoms with Crippen LogP contribution >= 0.6 is 23.5 Å². The number of carbonyl (C=O) groups is 2. The molecule has 0 aromatic rings. The third-order valence-corrected chi connectivity index (χ3v) is 6.02. The van der Waals surface area contributed by atoms with Gasteiger partial charge in [0, 0.05) is 13.1 Å². The first-order chi connectivity index (χ1) is 10.7. The van der Waals surface area contributed by atoms with Crippen LogP contribution in [0.5, 0.6) is 0 Å². The molecule has 0 spiro atoms. The number of hydrogen-bond donors (Lipinski definition) is 2. The van der Waals surface area contributed by atoms with Crippen molar-refractivity contribution in [1.29, 1.82) is 0 Å². The van der Waals surface area contributed by atoms with Crippen molar-refractivity contribution in [2.24, 2.45) is 0 Å². The zero-order valence-electron chi connectivity index (χ0n) is 12.8. The van der Waals surface area contributed by atoms with E-state index in [0.29, 0.717) is 30.3 Å². The van der Waals surface area contributed by atoms with Gasteiger partial charge in [-0.3, -0.25) is 0 Å². The van der Waals surface area contributed by atoms with Gasteiger partial charge in [-0.1, -0.05) is 37.4 Å². The first kappa shape index (κ1) is 17.7. The number of thioether (sulfide) groups is 2. The second-order valence-electron chi connectivity index (χ2n) is 4.92. The Morgan fingerprint density at radius 3 is 1.86 bits per heavy atom. The minimum atomic E-state index is -0.586. The Labute approximate surface area is 139 Å². The van der Waals surface area contributed by atoms with Gasteiger partial charge in [0.15, 0.2) is 5.57 Å². The summed E-state index contributed by atoms with van der Waals surface area (Å²) in [4.78, 5) is 24.5. The summed E-state index contributed by atoms with van der Waals surface area (Å²) in [5, 5.41) is 7.05. The van der Waals surface area contributed by atoms with Crippen molar-refractivity contribution in [3.63, 3.8) is 0 Å². The second-order valence-corrected chi connectivity index (χ2v) is 7.48. The Morgan fingerprint density at radius 1 is 1.00 bits per heavy atom. The standard InChI is InChI=1S/C14H22N2O4S2/c1-3-7-19-12(17)9(13(18)20-8-4-2)14-21-10-11(22-14)16-6-5-15-10/h10-11,15-16H,3-8H2,1-2H3. The Hall–Kier alpha value is -0.700. The minimum absolute atomic E-state index is 0.0369. The lowest BCUT2D eigenvalue weighted by Gasteiger charge is -2.25. The molecule has 124 valence electrons.